The normalized spacial score (nSPS) is 18.2. The van der Waals surface area contributed by atoms with Crippen molar-refractivity contribution in [2.45, 2.75) is 12.8 Å². The number of nitrogen functional groups attached to an aromatic ring is 1. The first-order valence-electron chi connectivity index (χ1n) is 10.9. The Labute approximate surface area is 231 Å². The smallest absolute Gasteiger partial charge is 0.347 e. The molecular formula is C23H20N2O8P2S3. The molecule has 38 heavy (non-hydrogen) atoms. The van der Waals surface area contributed by atoms with Crippen LogP contribution in [-0.4, -0.2) is 28.7 Å². The van der Waals surface area contributed by atoms with E-state index < -0.39 is 27.8 Å². The fourth-order valence-corrected chi connectivity index (χ4v) is 29.1. The molecule has 0 aliphatic carbocycles. The number of phenols is 1. The average Bonchev–Trinajstić information content (AvgIpc) is 2.86. The van der Waals surface area contributed by atoms with E-state index in [2.05, 4.69) is 4.84 Å². The average molecular weight is 611 g/mol. The number of anilines is 1. The zero-order valence-electron chi connectivity index (χ0n) is 19.4. The first kappa shape index (κ1) is 28.2. The number of carbonyl (C=O) groups excluding carboxylic acids is 2. The number of carbonyl (C=O) groups is 2. The lowest BCUT2D eigenvalue weighted by atomic mass is 10.1. The summed E-state index contributed by atoms with van der Waals surface area (Å²) in [7, 11) is 0. The highest BCUT2D eigenvalue weighted by Crippen LogP contribution is 2.99. The molecule has 0 unspecified atom stereocenters. The minimum Gasteiger partial charge on any atom is -0.508 e. The fourth-order valence-electron chi connectivity index (χ4n) is 3.15. The van der Waals surface area contributed by atoms with Gasteiger partial charge in [0.25, 0.3) is 5.09 Å². The molecule has 1 aliphatic heterocycles. The topological polar surface area (TPSA) is 151 Å². The van der Waals surface area contributed by atoms with Crippen molar-refractivity contribution >= 4 is 72.8 Å². The van der Waals surface area contributed by atoms with Gasteiger partial charge in [-0.15, -0.1) is 10.1 Å². The number of nitrogens with zero attached hydrogens (tertiary/aromatic N) is 1. The maximum absolute atomic E-state index is 12.9. The number of benzene rings is 3. The van der Waals surface area contributed by atoms with Gasteiger partial charge >= 0.3 is 11.9 Å². The molecule has 0 radical (unpaired) electrons. The number of nitrogens with two attached hydrogens (primary N) is 1. The summed E-state index contributed by atoms with van der Waals surface area (Å²) in [6.45, 7) is -0.250. The lowest BCUT2D eigenvalue weighted by molar-refractivity contribution is -0.757. The Morgan fingerprint density at radius 1 is 1.05 bits per heavy atom. The van der Waals surface area contributed by atoms with E-state index in [9.17, 15) is 24.8 Å². The van der Waals surface area contributed by atoms with Crippen molar-refractivity contribution in [1.29, 1.82) is 0 Å². The van der Waals surface area contributed by atoms with Crippen molar-refractivity contribution < 1.29 is 34.1 Å². The van der Waals surface area contributed by atoms with Gasteiger partial charge in [0.1, 0.15) is 22.8 Å². The number of hydrogen-bond acceptors (Lipinski definition) is 12. The van der Waals surface area contributed by atoms with Crippen molar-refractivity contribution in [3.8, 4) is 17.2 Å². The van der Waals surface area contributed by atoms with Crippen LogP contribution >= 0.6 is 32.8 Å². The third-order valence-electron chi connectivity index (χ3n) is 4.96. The Morgan fingerprint density at radius 2 is 1.74 bits per heavy atom. The number of esters is 2. The number of hydrogen-bond donors (Lipinski definition) is 2. The van der Waals surface area contributed by atoms with Crippen LogP contribution in [0.2, 0.25) is 0 Å². The van der Waals surface area contributed by atoms with Gasteiger partial charge in [0, 0.05) is 17.4 Å². The van der Waals surface area contributed by atoms with Gasteiger partial charge in [-0.2, -0.15) is 0 Å². The van der Waals surface area contributed by atoms with Crippen molar-refractivity contribution in [1.82, 2.24) is 0 Å². The van der Waals surface area contributed by atoms with Crippen LogP contribution in [0.3, 0.4) is 0 Å². The van der Waals surface area contributed by atoms with Gasteiger partial charge in [0.2, 0.25) is 0 Å². The molecule has 198 valence electrons. The van der Waals surface area contributed by atoms with Crippen molar-refractivity contribution in [2.24, 2.45) is 0 Å². The van der Waals surface area contributed by atoms with Gasteiger partial charge < -0.3 is 25.2 Å². The Hall–Kier alpha value is -2.82. The molecule has 3 aromatic rings. The molecule has 0 atom stereocenters. The van der Waals surface area contributed by atoms with Gasteiger partial charge in [-0.1, -0.05) is 33.8 Å². The maximum Gasteiger partial charge on any atom is 0.347 e. The minimum atomic E-state index is -1.79. The van der Waals surface area contributed by atoms with E-state index in [-0.39, 0.29) is 42.2 Å². The molecule has 3 aromatic carbocycles. The quantitative estimate of drug-likeness (QED) is 0.0595. The maximum atomic E-state index is 12.9. The number of aromatic hydroxyl groups is 1. The summed E-state index contributed by atoms with van der Waals surface area (Å²) >= 11 is 9.44. The van der Waals surface area contributed by atoms with Crippen LogP contribution in [0.15, 0.2) is 66.7 Å². The zero-order chi connectivity index (χ0) is 27.3. The fraction of sp³-hybridized carbons (Fsp3) is 0.130. The van der Waals surface area contributed by atoms with E-state index >= 15 is 0 Å². The highest BCUT2D eigenvalue weighted by molar-refractivity contribution is 9.43. The highest BCUT2D eigenvalue weighted by atomic mass is 33.7. The third kappa shape index (κ3) is 7.18. The van der Waals surface area contributed by atoms with E-state index in [1.54, 1.807) is 46.3 Å². The highest BCUT2D eigenvalue weighted by Gasteiger charge is 2.40. The molecule has 0 aromatic heterocycles. The Kier molecular flexibility index (Phi) is 9.17. The molecular weight excluding hydrogens is 590 g/mol. The Morgan fingerprint density at radius 3 is 2.39 bits per heavy atom. The van der Waals surface area contributed by atoms with E-state index in [1.165, 1.54) is 18.2 Å². The molecule has 1 heterocycles. The standard InChI is InChI=1S/C23H20N2O8P2S3/c24-15-3-12-21(33-22(27)2-1-13-31-25(29)30)20(14-15)23(28)32-17-6-8-18(9-7-17)34-37-35(36,38-34)19-10-4-16(26)5-11-19/h3-12,14,26H,1-2,13,24H2. The SMILES string of the molecule is Nc1ccc(OC(=O)CCCO[N+](=O)[O-])c(C(=O)Oc2ccc(P3SP(=S)(c4ccc(O)cc4)S3)cc2)c1. The predicted molar refractivity (Wildman–Crippen MR) is 154 cm³/mol. The van der Waals surface area contributed by atoms with E-state index in [0.29, 0.717) is 5.75 Å². The van der Waals surface area contributed by atoms with Crippen LogP contribution in [0.4, 0.5) is 5.69 Å². The summed E-state index contributed by atoms with van der Waals surface area (Å²) in [5.74, 6) is -0.969. The van der Waals surface area contributed by atoms with Crippen LogP contribution in [0.1, 0.15) is 23.2 Å². The summed E-state index contributed by atoms with van der Waals surface area (Å²) in [4.78, 5) is 39.3. The van der Waals surface area contributed by atoms with Crippen molar-refractivity contribution in [3.05, 3.63) is 82.4 Å². The summed E-state index contributed by atoms with van der Waals surface area (Å²) < 4.78 is 8.96. The Bertz CT molecular complexity index is 1400. The summed E-state index contributed by atoms with van der Waals surface area (Å²) in [6, 6.07) is 18.4. The first-order chi connectivity index (χ1) is 18.1. The Balaban J connectivity index is 1.36. The number of ether oxygens (including phenoxy) is 2. The number of rotatable bonds is 10. The van der Waals surface area contributed by atoms with Crippen LogP contribution in [0, 0.1) is 10.1 Å². The monoisotopic (exact) mass is 610 g/mol. The van der Waals surface area contributed by atoms with Crippen LogP contribution in [0.5, 0.6) is 17.2 Å². The van der Waals surface area contributed by atoms with Gasteiger partial charge in [-0.05, 0) is 78.5 Å². The zero-order valence-corrected chi connectivity index (χ0v) is 23.7. The van der Waals surface area contributed by atoms with Crippen molar-refractivity contribution in [2.75, 3.05) is 12.3 Å². The molecule has 4 rings (SSSR count). The van der Waals surface area contributed by atoms with E-state index in [1.807, 2.05) is 24.3 Å². The molecule has 0 saturated carbocycles. The molecule has 15 heteroatoms. The molecule has 0 bridgehead atoms. The lowest BCUT2D eigenvalue weighted by Crippen LogP contribution is -2.15. The van der Waals surface area contributed by atoms with Gasteiger partial charge in [-0.3, -0.25) is 4.79 Å². The van der Waals surface area contributed by atoms with Crippen LogP contribution in [-0.2, 0) is 21.4 Å². The second-order valence-corrected chi connectivity index (χ2v) is 24.4. The van der Waals surface area contributed by atoms with Crippen molar-refractivity contribution in [3.63, 3.8) is 0 Å². The number of phenolic OH excluding ortho intramolecular Hbond substituents is 1. The molecule has 3 N–H and O–H groups in total. The van der Waals surface area contributed by atoms with Gasteiger partial charge in [0.05, 0.1) is 17.4 Å². The second kappa shape index (κ2) is 12.4. The largest absolute Gasteiger partial charge is 0.508 e. The third-order valence-corrected chi connectivity index (χ3v) is 30.0. The molecule has 1 fully saturated rings. The van der Waals surface area contributed by atoms with E-state index in [4.69, 9.17) is 27.0 Å². The molecule has 0 amide bonds. The summed E-state index contributed by atoms with van der Waals surface area (Å²) in [5.41, 5.74) is 6.05. The molecule has 0 spiro atoms. The molecule has 10 nitrogen and oxygen atoms in total. The minimum absolute atomic E-state index is 0.0342. The van der Waals surface area contributed by atoms with Gasteiger partial charge in [0.15, 0.2) is 0 Å². The predicted octanol–water partition coefficient (Wildman–Crippen LogP) is 5.14. The molecule has 1 aliphatic rings. The van der Waals surface area contributed by atoms with Crippen LogP contribution < -0.4 is 25.8 Å². The second-order valence-electron chi connectivity index (χ2n) is 7.71. The lowest BCUT2D eigenvalue weighted by Gasteiger charge is -2.37. The van der Waals surface area contributed by atoms with Gasteiger partial charge in [-0.25, -0.2) is 4.79 Å². The summed E-state index contributed by atoms with van der Waals surface area (Å²) in [5, 5.41) is 20.9. The summed E-state index contributed by atoms with van der Waals surface area (Å²) in [6.07, 6.45) is -0.635. The van der Waals surface area contributed by atoms with Crippen LogP contribution in [0.25, 0.3) is 0 Å². The molecule has 1 saturated heterocycles. The first-order valence-corrected chi connectivity index (χ1v) is 19.1. The van der Waals surface area contributed by atoms with E-state index in [0.717, 1.165) is 10.6 Å².